The molecule has 0 atom stereocenters. The molecular weight excluding hydrogens is 152 g/mol. The minimum Gasteiger partial charge on any atom is -0.455 e. The van der Waals surface area contributed by atoms with E-state index in [0.29, 0.717) is 0 Å². The SMILES string of the molecule is CC(=O)OC(C)(C)C=C=C(C)C. The summed E-state index contributed by atoms with van der Waals surface area (Å²) in [6.07, 6.45) is 1.75. The molecule has 68 valence electrons. The number of carbonyl (C=O) groups is 1. The summed E-state index contributed by atoms with van der Waals surface area (Å²) in [5.41, 5.74) is 3.52. The van der Waals surface area contributed by atoms with Crippen molar-refractivity contribution in [3.05, 3.63) is 17.4 Å². The molecule has 0 unspecified atom stereocenters. The number of carbonyl (C=O) groups excluding carboxylic acids is 1. The molecule has 0 saturated heterocycles. The molecule has 0 heterocycles. The fourth-order valence-electron chi connectivity index (χ4n) is 0.718. The van der Waals surface area contributed by atoms with E-state index in [1.54, 1.807) is 6.08 Å². The molecule has 0 spiro atoms. The van der Waals surface area contributed by atoms with Crippen LogP contribution in [0.25, 0.3) is 0 Å². The van der Waals surface area contributed by atoms with E-state index in [9.17, 15) is 4.79 Å². The number of ether oxygens (including phenoxy) is 1. The Morgan fingerprint density at radius 1 is 1.33 bits per heavy atom. The third-order valence-corrected chi connectivity index (χ3v) is 1.12. The summed E-state index contributed by atoms with van der Waals surface area (Å²) in [4.78, 5) is 10.6. The fourth-order valence-corrected chi connectivity index (χ4v) is 0.718. The number of hydrogen-bond acceptors (Lipinski definition) is 2. The highest BCUT2D eigenvalue weighted by Crippen LogP contribution is 2.10. The van der Waals surface area contributed by atoms with Gasteiger partial charge in [0, 0.05) is 13.0 Å². The standard InChI is InChI=1S/C10H16O2/c1-8(2)6-7-10(4,5)12-9(3)11/h7H,1-5H3. The Labute approximate surface area is 73.9 Å². The van der Waals surface area contributed by atoms with Crippen LogP contribution in [0.4, 0.5) is 0 Å². The quantitative estimate of drug-likeness (QED) is 0.467. The predicted molar refractivity (Wildman–Crippen MR) is 48.8 cm³/mol. The summed E-state index contributed by atoms with van der Waals surface area (Å²) in [6.45, 7) is 8.94. The van der Waals surface area contributed by atoms with Gasteiger partial charge >= 0.3 is 5.97 Å². The minimum atomic E-state index is -0.552. The second-order valence-electron chi connectivity index (χ2n) is 3.49. The smallest absolute Gasteiger partial charge is 0.303 e. The summed E-state index contributed by atoms with van der Waals surface area (Å²) in [7, 11) is 0. The number of rotatable bonds is 2. The van der Waals surface area contributed by atoms with Crippen LogP contribution in [0.2, 0.25) is 0 Å². The zero-order chi connectivity index (χ0) is 9.78. The van der Waals surface area contributed by atoms with Gasteiger partial charge in [-0.2, -0.15) is 0 Å². The van der Waals surface area contributed by atoms with E-state index in [-0.39, 0.29) is 5.97 Å². The summed E-state index contributed by atoms with van der Waals surface area (Å²) in [5, 5.41) is 0. The van der Waals surface area contributed by atoms with Crippen molar-refractivity contribution in [2.45, 2.75) is 40.2 Å². The average Bonchev–Trinajstić information content (AvgIpc) is 1.81. The van der Waals surface area contributed by atoms with Crippen LogP contribution in [0.1, 0.15) is 34.6 Å². The van der Waals surface area contributed by atoms with Gasteiger partial charge in [0.1, 0.15) is 5.60 Å². The van der Waals surface area contributed by atoms with E-state index in [0.717, 1.165) is 5.57 Å². The van der Waals surface area contributed by atoms with Gasteiger partial charge in [-0.05, 0) is 33.3 Å². The molecule has 0 aliphatic rings. The van der Waals surface area contributed by atoms with Gasteiger partial charge in [-0.25, -0.2) is 0 Å². The first-order chi connectivity index (χ1) is 5.33. The van der Waals surface area contributed by atoms with Crippen LogP contribution in [0.3, 0.4) is 0 Å². The molecule has 12 heavy (non-hydrogen) atoms. The monoisotopic (exact) mass is 168 g/mol. The van der Waals surface area contributed by atoms with Crippen molar-refractivity contribution in [1.29, 1.82) is 0 Å². The molecule has 2 heteroatoms. The Bertz CT molecular complexity index is 226. The molecular formula is C10H16O2. The highest BCUT2D eigenvalue weighted by atomic mass is 16.6. The van der Waals surface area contributed by atoms with Crippen LogP contribution in [0.15, 0.2) is 17.4 Å². The first kappa shape index (κ1) is 11.0. The largest absolute Gasteiger partial charge is 0.455 e. The summed E-state index contributed by atoms with van der Waals surface area (Å²) in [6, 6.07) is 0. The Kier molecular flexibility index (Phi) is 3.78. The third kappa shape index (κ3) is 5.75. The molecule has 0 aromatic heterocycles. The van der Waals surface area contributed by atoms with E-state index < -0.39 is 5.60 Å². The van der Waals surface area contributed by atoms with Crippen molar-refractivity contribution < 1.29 is 9.53 Å². The van der Waals surface area contributed by atoms with E-state index in [1.807, 2.05) is 27.7 Å². The normalized spacial score (nSPS) is 10.1. The van der Waals surface area contributed by atoms with Gasteiger partial charge in [0.05, 0.1) is 0 Å². The molecule has 0 radical (unpaired) electrons. The minimum absolute atomic E-state index is 0.271. The van der Waals surface area contributed by atoms with Gasteiger partial charge in [0.15, 0.2) is 0 Å². The molecule has 0 rings (SSSR count). The zero-order valence-corrected chi connectivity index (χ0v) is 8.39. The fraction of sp³-hybridized carbons (Fsp3) is 0.600. The van der Waals surface area contributed by atoms with Crippen molar-refractivity contribution in [2.24, 2.45) is 0 Å². The first-order valence-electron chi connectivity index (χ1n) is 3.94. The number of esters is 1. The molecule has 0 aromatic carbocycles. The lowest BCUT2D eigenvalue weighted by Gasteiger charge is -2.18. The van der Waals surface area contributed by atoms with Crippen LogP contribution in [0, 0.1) is 0 Å². The van der Waals surface area contributed by atoms with Gasteiger partial charge in [-0.15, -0.1) is 5.73 Å². The van der Waals surface area contributed by atoms with Crippen molar-refractivity contribution in [3.8, 4) is 0 Å². The molecule has 0 fully saturated rings. The molecule has 0 amide bonds. The van der Waals surface area contributed by atoms with Gasteiger partial charge < -0.3 is 4.74 Å². The maximum atomic E-state index is 10.6. The van der Waals surface area contributed by atoms with E-state index in [1.165, 1.54) is 6.92 Å². The van der Waals surface area contributed by atoms with Crippen molar-refractivity contribution in [2.75, 3.05) is 0 Å². The Morgan fingerprint density at radius 2 is 1.83 bits per heavy atom. The maximum Gasteiger partial charge on any atom is 0.303 e. The lowest BCUT2D eigenvalue weighted by Crippen LogP contribution is -2.23. The van der Waals surface area contributed by atoms with Crippen LogP contribution in [-0.2, 0) is 9.53 Å². The van der Waals surface area contributed by atoms with Crippen LogP contribution in [-0.4, -0.2) is 11.6 Å². The second-order valence-corrected chi connectivity index (χ2v) is 3.49. The first-order valence-corrected chi connectivity index (χ1v) is 3.94. The second kappa shape index (κ2) is 4.13. The molecule has 0 aliphatic carbocycles. The molecule has 0 N–H and O–H groups in total. The summed E-state index contributed by atoms with van der Waals surface area (Å²) in [5.74, 6) is -0.271. The molecule has 0 bridgehead atoms. The van der Waals surface area contributed by atoms with E-state index in [4.69, 9.17) is 4.74 Å². The van der Waals surface area contributed by atoms with E-state index >= 15 is 0 Å². The van der Waals surface area contributed by atoms with Crippen molar-refractivity contribution in [1.82, 2.24) is 0 Å². The Hall–Kier alpha value is -1.01. The lowest BCUT2D eigenvalue weighted by atomic mass is 10.1. The average molecular weight is 168 g/mol. The highest BCUT2D eigenvalue weighted by molar-refractivity contribution is 5.66. The van der Waals surface area contributed by atoms with Gasteiger partial charge in [0.25, 0.3) is 0 Å². The third-order valence-electron chi connectivity index (χ3n) is 1.12. The van der Waals surface area contributed by atoms with E-state index in [2.05, 4.69) is 5.73 Å². The van der Waals surface area contributed by atoms with Crippen LogP contribution in [0.5, 0.6) is 0 Å². The highest BCUT2D eigenvalue weighted by Gasteiger charge is 2.16. The number of hydrogen-bond donors (Lipinski definition) is 0. The molecule has 2 nitrogen and oxygen atoms in total. The van der Waals surface area contributed by atoms with Gasteiger partial charge in [-0.1, -0.05) is 0 Å². The predicted octanol–water partition coefficient (Wildman–Crippen LogP) is 2.45. The van der Waals surface area contributed by atoms with Gasteiger partial charge in [-0.3, -0.25) is 4.79 Å². The molecule has 0 aliphatic heterocycles. The van der Waals surface area contributed by atoms with Crippen molar-refractivity contribution >= 4 is 5.97 Å². The molecule has 0 saturated carbocycles. The van der Waals surface area contributed by atoms with Gasteiger partial charge in [0.2, 0.25) is 0 Å². The van der Waals surface area contributed by atoms with Crippen LogP contribution >= 0.6 is 0 Å². The maximum absolute atomic E-state index is 10.6. The Morgan fingerprint density at radius 3 is 2.17 bits per heavy atom. The molecule has 0 aromatic rings. The van der Waals surface area contributed by atoms with Crippen molar-refractivity contribution in [3.63, 3.8) is 0 Å². The zero-order valence-electron chi connectivity index (χ0n) is 8.39. The van der Waals surface area contributed by atoms with Crippen LogP contribution < -0.4 is 0 Å². The topological polar surface area (TPSA) is 26.3 Å². The lowest BCUT2D eigenvalue weighted by molar-refractivity contribution is -0.149. The summed E-state index contributed by atoms with van der Waals surface area (Å²) >= 11 is 0. The summed E-state index contributed by atoms with van der Waals surface area (Å²) < 4.78 is 5.02. The Balaban J connectivity index is 4.42.